The van der Waals surface area contributed by atoms with Crippen molar-refractivity contribution in [3.05, 3.63) is 33.9 Å². The largest absolute Gasteiger partial charge is 0.490 e. The average molecular weight is 301 g/mol. The number of alkyl halides is 1. The van der Waals surface area contributed by atoms with Gasteiger partial charge in [-0.15, -0.1) is 11.6 Å². The normalized spacial score (nSPS) is 10.2. The lowest BCUT2D eigenvalue weighted by molar-refractivity contribution is -0.385. The van der Waals surface area contributed by atoms with Crippen LogP contribution < -0.4 is 4.74 Å². The molecule has 0 saturated carbocycles. The number of nitrogens with zero attached hydrogens (tertiary/aromatic N) is 2. The van der Waals surface area contributed by atoms with Gasteiger partial charge in [-0.05, 0) is 25.5 Å². The van der Waals surface area contributed by atoms with Crippen molar-refractivity contribution in [2.75, 3.05) is 26.1 Å². The molecule has 7 heteroatoms. The maximum absolute atomic E-state index is 12.3. The molecule has 1 aromatic rings. The van der Waals surface area contributed by atoms with Gasteiger partial charge in [-0.2, -0.15) is 0 Å². The first kappa shape index (κ1) is 16.2. The first-order valence-electron chi connectivity index (χ1n) is 6.22. The molecule has 0 spiro atoms. The van der Waals surface area contributed by atoms with Crippen molar-refractivity contribution in [2.24, 2.45) is 0 Å². The molecule has 20 heavy (non-hydrogen) atoms. The molecule has 0 radical (unpaired) electrons. The van der Waals surface area contributed by atoms with Gasteiger partial charge in [0, 0.05) is 30.6 Å². The highest BCUT2D eigenvalue weighted by atomic mass is 35.5. The molecule has 6 nitrogen and oxygen atoms in total. The highest BCUT2D eigenvalue weighted by molar-refractivity contribution is 6.17. The van der Waals surface area contributed by atoms with E-state index in [-0.39, 0.29) is 22.9 Å². The van der Waals surface area contributed by atoms with Crippen LogP contribution in [0.4, 0.5) is 5.69 Å². The zero-order valence-electron chi connectivity index (χ0n) is 11.5. The van der Waals surface area contributed by atoms with Gasteiger partial charge in [-0.25, -0.2) is 0 Å². The third kappa shape index (κ3) is 3.84. The van der Waals surface area contributed by atoms with Crippen LogP contribution in [0.5, 0.6) is 5.75 Å². The number of halogens is 1. The third-order valence-electron chi connectivity index (χ3n) is 2.85. The van der Waals surface area contributed by atoms with Gasteiger partial charge in [0.15, 0.2) is 5.75 Å². The van der Waals surface area contributed by atoms with Crippen LogP contribution in [0.3, 0.4) is 0 Å². The standard InChI is InChI=1S/C13H17ClN2O4/c1-3-15(8-4-7-14)13(17)10-5-6-12(20-2)11(9-10)16(18)19/h5-6,9H,3-4,7-8H2,1-2H3. The van der Waals surface area contributed by atoms with Crippen LogP contribution in [0, 0.1) is 10.1 Å². The van der Waals surface area contributed by atoms with Crippen LogP contribution >= 0.6 is 11.6 Å². The highest BCUT2D eigenvalue weighted by Gasteiger charge is 2.20. The Bertz CT molecular complexity index is 493. The average Bonchev–Trinajstić information content (AvgIpc) is 2.46. The fourth-order valence-corrected chi connectivity index (χ4v) is 1.92. The Hall–Kier alpha value is -1.82. The van der Waals surface area contributed by atoms with E-state index in [4.69, 9.17) is 16.3 Å². The lowest BCUT2D eigenvalue weighted by Gasteiger charge is -2.20. The van der Waals surface area contributed by atoms with Crippen molar-refractivity contribution < 1.29 is 14.5 Å². The lowest BCUT2D eigenvalue weighted by atomic mass is 10.1. The predicted octanol–water partition coefficient (Wildman–Crippen LogP) is 2.69. The number of methoxy groups -OCH3 is 1. The first-order chi connectivity index (χ1) is 9.54. The number of hydrogen-bond acceptors (Lipinski definition) is 4. The van der Waals surface area contributed by atoms with Gasteiger partial charge in [0.05, 0.1) is 12.0 Å². The van der Waals surface area contributed by atoms with Crippen LogP contribution in [-0.4, -0.2) is 41.8 Å². The molecule has 110 valence electrons. The summed E-state index contributed by atoms with van der Waals surface area (Å²) < 4.78 is 4.91. The zero-order chi connectivity index (χ0) is 15.1. The number of nitro benzene ring substituents is 1. The van der Waals surface area contributed by atoms with Crippen LogP contribution in [0.25, 0.3) is 0 Å². The summed E-state index contributed by atoms with van der Waals surface area (Å²) in [6.07, 6.45) is 0.680. The van der Waals surface area contributed by atoms with Crippen LogP contribution in [0.2, 0.25) is 0 Å². The van der Waals surface area contributed by atoms with E-state index in [0.717, 1.165) is 0 Å². The molecule has 1 aromatic carbocycles. The smallest absolute Gasteiger partial charge is 0.311 e. The van der Waals surface area contributed by atoms with Gasteiger partial charge in [0.1, 0.15) is 0 Å². The molecular weight excluding hydrogens is 284 g/mol. The molecule has 0 saturated heterocycles. The molecule has 0 heterocycles. The van der Waals surface area contributed by atoms with Crippen molar-refractivity contribution in [1.29, 1.82) is 0 Å². The number of amides is 1. The molecule has 0 bridgehead atoms. The quantitative estimate of drug-likeness (QED) is 0.441. The van der Waals surface area contributed by atoms with Crippen molar-refractivity contribution in [3.63, 3.8) is 0 Å². The number of rotatable bonds is 7. The molecule has 0 aliphatic carbocycles. The first-order valence-corrected chi connectivity index (χ1v) is 6.76. The minimum Gasteiger partial charge on any atom is -0.490 e. The molecule has 0 atom stereocenters. The van der Waals surface area contributed by atoms with E-state index in [1.165, 1.54) is 25.3 Å². The van der Waals surface area contributed by atoms with E-state index in [2.05, 4.69) is 0 Å². The Labute approximate surface area is 122 Å². The van der Waals surface area contributed by atoms with Gasteiger partial charge in [0.25, 0.3) is 5.91 Å². The Morgan fingerprint density at radius 3 is 2.70 bits per heavy atom. The lowest BCUT2D eigenvalue weighted by Crippen LogP contribution is -2.32. The summed E-state index contributed by atoms with van der Waals surface area (Å²) in [4.78, 5) is 24.3. The third-order valence-corrected chi connectivity index (χ3v) is 3.12. The maximum Gasteiger partial charge on any atom is 0.311 e. The second-order valence-electron chi connectivity index (χ2n) is 4.07. The van der Waals surface area contributed by atoms with Gasteiger partial charge in [0.2, 0.25) is 0 Å². The van der Waals surface area contributed by atoms with Crippen LogP contribution in [0.15, 0.2) is 18.2 Å². The number of carbonyl (C=O) groups is 1. The summed E-state index contributed by atoms with van der Waals surface area (Å²) >= 11 is 5.62. The Morgan fingerprint density at radius 1 is 1.50 bits per heavy atom. The molecular formula is C13H17ClN2O4. The van der Waals surface area contributed by atoms with E-state index in [0.29, 0.717) is 25.4 Å². The topological polar surface area (TPSA) is 72.7 Å². The maximum atomic E-state index is 12.3. The van der Waals surface area contributed by atoms with E-state index in [1.54, 1.807) is 4.90 Å². The van der Waals surface area contributed by atoms with Crippen molar-refractivity contribution in [1.82, 2.24) is 4.90 Å². The van der Waals surface area contributed by atoms with E-state index in [9.17, 15) is 14.9 Å². The van der Waals surface area contributed by atoms with Crippen LogP contribution in [-0.2, 0) is 0 Å². The highest BCUT2D eigenvalue weighted by Crippen LogP contribution is 2.28. The number of benzene rings is 1. The summed E-state index contributed by atoms with van der Waals surface area (Å²) in [5.41, 5.74) is 0.0562. The fourth-order valence-electron chi connectivity index (χ4n) is 1.80. The number of ether oxygens (including phenoxy) is 1. The molecule has 0 aliphatic heterocycles. The number of hydrogen-bond donors (Lipinski definition) is 0. The number of nitro groups is 1. The van der Waals surface area contributed by atoms with Crippen molar-refractivity contribution in [3.8, 4) is 5.75 Å². The van der Waals surface area contributed by atoms with Gasteiger partial charge < -0.3 is 9.64 Å². The second-order valence-corrected chi connectivity index (χ2v) is 4.45. The SMILES string of the molecule is CCN(CCCCl)C(=O)c1ccc(OC)c([N+](=O)[O-])c1. The Balaban J connectivity index is 3.03. The van der Waals surface area contributed by atoms with Gasteiger partial charge in [-0.1, -0.05) is 0 Å². The molecule has 0 unspecified atom stereocenters. The van der Waals surface area contributed by atoms with Gasteiger partial charge in [-0.3, -0.25) is 14.9 Å². The zero-order valence-corrected chi connectivity index (χ0v) is 12.2. The predicted molar refractivity (Wildman–Crippen MR) is 76.6 cm³/mol. The summed E-state index contributed by atoms with van der Waals surface area (Å²) in [7, 11) is 1.35. The van der Waals surface area contributed by atoms with E-state index in [1.807, 2.05) is 6.92 Å². The summed E-state index contributed by atoms with van der Waals surface area (Å²) in [6.45, 7) is 2.90. The van der Waals surface area contributed by atoms with Gasteiger partial charge >= 0.3 is 5.69 Å². The van der Waals surface area contributed by atoms with Crippen molar-refractivity contribution in [2.45, 2.75) is 13.3 Å². The second kappa shape index (κ2) is 7.69. The molecule has 1 rings (SSSR count). The summed E-state index contributed by atoms with van der Waals surface area (Å²) in [5, 5.41) is 11.0. The number of carbonyl (C=O) groups excluding carboxylic acids is 1. The molecule has 0 aliphatic rings. The van der Waals surface area contributed by atoms with Crippen molar-refractivity contribution >= 4 is 23.2 Å². The Morgan fingerprint density at radius 2 is 2.20 bits per heavy atom. The minimum atomic E-state index is -0.565. The van der Waals surface area contributed by atoms with Crippen LogP contribution in [0.1, 0.15) is 23.7 Å². The molecule has 1 amide bonds. The Kier molecular flexibility index (Phi) is 6.24. The molecule has 0 aromatic heterocycles. The summed E-state index contributed by atoms with van der Waals surface area (Å²) in [5.74, 6) is 0.353. The van der Waals surface area contributed by atoms with E-state index >= 15 is 0 Å². The molecule has 0 fully saturated rings. The molecule has 0 N–H and O–H groups in total. The summed E-state index contributed by atoms with van der Waals surface area (Å²) in [6, 6.07) is 4.20. The monoisotopic (exact) mass is 300 g/mol. The minimum absolute atomic E-state index is 0.135. The van der Waals surface area contributed by atoms with E-state index < -0.39 is 4.92 Å². The fraction of sp³-hybridized carbons (Fsp3) is 0.462.